The summed E-state index contributed by atoms with van der Waals surface area (Å²) in [6.45, 7) is 14.8. The number of carbonyl (C=O) groups excluding carboxylic acids is 1. The lowest BCUT2D eigenvalue weighted by Gasteiger charge is -2.36. The lowest BCUT2D eigenvalue weighted by Crippen LogP contribution is -2.49. The van der Waals surface area contributed by atoms with Gasteiger partial charge in [-0.1, -0.05) is 19.9 Å². The van der Waals surface area contributed by atoms with E-state index in [4.69, 9.17) is 0 Å². The summed E-state index contributed by atoms with van der Waals surface area (Å²) < 4.78 is 0. The summed E-state index contributed by atoms with van der Waals surface area (Å²) in [6.07, 6.45) is 4.93. The van der Waals surface area contributed by atoms with Crippen LogP contribution < -0.4 is 0 Å². The van der Waals surface area contributed by atoms with Crippen molar-refractivity contribution in [3.63, 3.8) is 0 Å². The number of hydrogen-bond acceptors (Lipinski definition) is 3. The highest BCUT2D eigenvalue weighted by Crippen LogP contribution is 2.14. The lowest BCUT2D eigenvalue weighted by atomic mass is 10.1. The fourth-order valence-electron chi connectivity index (χ4n) is 3.14. The molecule has 2 aliphatic rings. The van der Waals surface area contributed by atoms with Gasteiger partial charge in [-0.2, -0.15) is 0 Å². The largest absolute Gasteiger partial charge is 0.340 e. The molecule has 0 bridgehead atoms. The van der Waals surface area contributed by atoms with Gasteiger partial charge in [-0.25, -0.2) is 0 Å². The van der Waals surface area contributed by atoms with Crippen molar-refractivity contribution < 1.29 is 4.79 Å². The molecular weight excluding hydrogens is 262 g/mol. The molecule has 0 unspecified atom stereocenters. The second kappa shape index (κ2) is 7.95. The molecule has 1 fully saturated rings. The van der Waals surface area contributed by atoms with E-state index in [1.807, 2.05) is 4.90 Å². The van der Waals surface area contributed by atoms with E-state index in [9.17, 15) is 4.79 Å². The standard InChI is InChI=1S/C17H31N3O/c1-15(2)6-8-18-7-4-5-17(13-18)14-19-9-11-20(12-10-19)16(3)21/h5,15H,4,6-14H2,1-3H3. The van der Waals surface area contributed by atoms with Gasteiger partial charge in [0.15, 0.2) is 0 Å². The molecule has 1 amide bonds. The Hall–Kier alpha value is -0.870. The minimum Gasteiger partial charge on any atom is -0.340 e. The summed E-state index contributed by atoms with van der Waals surface area (Å²) in [4.78, 5) is 18.4. The van der Waals surface area contributed by atoms with Crippen LogP contribution in [-0.2, 0) is 4.79 Å². The summed E-state index contributed by atoms with van der Waals surface area (Å²) >= 11 is 0. The Kier molecular flexibility index (Phi) is 6.24. The second-order valence-electron chi connectivity index (χ2n) is 6.89. The van der Waals surface area contributed by atoms with Gasteiger partial charge < -0.3 is 4.90 Å². The second-order valence-corrected chi connectivity index (χ2v) is 6.89. The molecule has 0 radical (unpaired) electrons. The van der Waals surface area contributed by atoms with E-state index in [1.165, 1.54) is 25.9 Å². The van der Waals surface area contributed by atoms with Gasteiger partial charge in [0.05, 0.1) is 0 Å². The van der Waals surface area contributed by atoms with E-state index in [1.54, 1.807) is 12.5 Å². The highest BCUT2D eigenvalue weighted by atomic mass is 16.2. The minimum atomic E-state index is 0.214. The minimum absolute atomic E-state index is 0.214. The maximum Gasteiger partial charge on any atom is 0.219 e. The average molecular weight is 293 g/mol. The Morgan fingerprint density at radius 1 is 1.14 bits per heavy atom. The third-order valence-corrected chi connectivity index (χ3v) is 4.57. The molecule has 0 aliphatic carbocycles. The molecule has 120 valence electrons. The van der Waals surface area contributed by atoms with Crippen molar-refractivity contribution in [2.45, 2.75) is 33.6 Å². The van der Waals surface area contributed by atoms with Gasteiger partial charge in [0.25, 0.3) is 0 Å². The van der Waals surface area contributed by atoms with Crippen LogP contribution in [0.5, 0.6) is 0 Å². The van der Waals surface area contributed by atoms with Gasteiger partial charge in [0.1, 0.15) is 0 Å². The van der Waals surface area contributed by atoms with Crippen molar-refractivity contribution in [1.29, 1.82) is 0 Å². The van der Waals surface area contributed by atoms with E-state index in [2.05, 4.69) is 29.7 Å². The SMILES string of the molecule is CC(=O)N1CCN(CC2=CCCN(CCC(C)C)C2)CC1. The molecule has 2 heterocycles. The molecule has 2 aliphatic heterocycles. The van der Waals surface area contributed by atoms with E-state index >= 15 is 0 Å². The number of nitrogens with zero attached hydrogens (tertiary/aromatic N) is 3. The monoisotopic (exact) mass is 293 g/mol. The first-order valence-electron chi connectivity index (χ1n) is 8.42. The zero-order valence-electron chi connectivity index (χ0n) is 14.0. The zero-order valence-corrected chi connectivity index (χ0v) is 14.0. The molecule has 4 heteroatoms. The van der Waals surface area contributed by atoms with Crippen LogP contribution in [0.3, 0.4) is 0 Å². The number of carbonyl (C=O) groups is 1. The first-order valence-corrected chi connectivity index (χ1v) is 8.42. The van der Waals surface area contributed by atoms with E-state index in [-0.39, 0.29) is 5.91 Å². The quantitative estimate of drug-likeness (QED) is 0.724. The van der Waals surface area contributed by atoms with Gasteiger partial charge in [-0.05, 0) is 30.9 Å². The third kappa shape index (κ3) is 5.44. The van der Waals surface area contributed by atoms with Crippen LogP contribution in [-0.4, -0.2) is 73.0 Å². The molecule has 0 saturated carbocycles. The molecule has 1 saturated heterocycles. The van der Waals surface area contributed by atoms with Crippen LogP contribution in [0.15, 0.2) is 11.6 Å². The smallest absolute Gasteiger partial charge is 0.219 e. The summed E-state index contributed by atoms with van der Waals surface area (Å²) in [6, 6.07) is 0. The molecule has 0 aromatic rings. The summed E-state index contributed by atoms with van der Waals surface area (Å²) in [5.74, 6) is 1.01. The van der Waals surface area contributed by atoms with Crippen molar-refractivity contribution >= 4 is 5.91 Å². The number of hydrogen-bond donors (Lipinski definition) is 0. The maximum absolute atomic E-state index is 11.4. The van der Waals surface area contributed by atoms with Gasteiger partial charge >= 0.3 is 0 Å². The van der Waals surface area contributed by atoms with Crippen molar-refractivity contribution in [2.75, 3.05) is 52.4 Å². The van der Waals surface area contributed by atoms with Crippen molar-refractivity contribution in [2.24, 2.45) is 5.92 Å². The summed E-state index contributed by atoms with van der Waals surface area (Å²) in [7, 11) is 0. The summed E-state index contributed by atoms with van der Waals surface area (Å²) in [5, 5.41) is 0. The van der Waals surface area contributed by atoms with Crippen molar-refractivity contribution in [3.05, 3.63) is 11.6 Å². The zero-order chi connectivity index (χ0) is 15.2. The number of amides is 1. The number of rotatable bonds is 5. The fraction of sp³-hybridized carbons (Fsp3) is 0.824. The molecule has 2 rings (SSSR count). The molecular formula is C17H31N3O. The van der Waals surface area contributed by atoms with Crippen LogP contribution in [0.4, 0.5) is 0 Å². The van der Waals surface area contributed by atoms with Crippen LogP contribution in [0.25, 0.3) is 0 Å². The van der Waals surface area contributed by atoms with Gasteiger partial charge in [0.2, 0.25) is 5.91 Å². The molecule has 4 nitrogen and oxygen atoms in total. The normalized spacial score (nSPS) is 21.7. The molecule has 0 N–H and O–H groups in total. The Labute approximate surface area is 129 Å². The molecule has 0 atom stereocenters. The van der Waals surface area contributed by atoms with E-state index in [0.717, 1.165) is 45.2 Å². The van der Waals surface area contributed by atoms with Crippen LogP contribution in [0.1, 0.15) is 33.6 Å². The Bertz CT molecular complexity index is 370. The Morgan fingerprint density at radius 2 is 1.86 bits per heavy atom. The van der Waals surface area contributed by atoms with Gasteiger partial charge in [-0.15, -0.1) is 0 Å². The molecule has 0 aromatic carbocycles. The fourth-order valence-corrected chi connectivity index (χ4v) is 3.14. The van der Waals surface area contributed by atoms with Crippen molar-refractivity contribution in [3.8, 4) is 0 Å². The lowest BCUT2D eigenvalue weighted by molar-refractivity contribution is -0.130. The van der Waals surface area contributed by atoms with Crippen LogP contribution >= 0.6 is 0 Å². The molecule has 0 aromatic heterocycles. The number of piperazine rings is 1. The first-order chi connectivity index (χ1) is 10.0. The van der Waals surface area contributed by atoms with Crippen molar-refractivity contribution in [1.82, 2.24) is 14.7 Å². The van der Waals surface area contributed by atoms with E-state index in [0.29, 0.717) is 0 Å². The van der Waals surface area contributed by atoms with E-state index < -0.39 is 0 Å². The topological polar surface area (TPSA) is 26.8 Å². The predicted octanol–water partition coefficient (Wildman–Crippen LogP) is 1.83. The third-order valence-electron chi connectivity index (χ3n) is 4.57. The predicted molar refractivity (Wildman–Crippen MR) is 87.3 cm³/mol. The van der Waals surface area contributed by atoms with Crippen LogP contribution in [0, 0.1) is 5.92 Å². The summed E-state index contributed by atoms with van der Waals surface area (Å²) in [5.41, 5.74) is 1.57. The van der Waals surface area contributed by atoms with Gasteiger partial charge in [-0.3, -0.25) is 14.6 Å². The maximum atomic E-state index is 11.4. The average Bonchev–Trinajstić information content (AvgIpc) is 2.46. The van der Waals surface area contributed by atoms with Gasteiger partial charge in [0, 0.05) is 52.7 Å². The molecule has 21 heavy (non-hydrogen) atoms. The Balaban J connectivity index is 1.73. The first kappa shape index (κ1) is 16.5. The highest BCUT2D eigenvalue weighted by Gasteiger charge is 2.20. The molecule has 0 spiro atoms. The Morgan fingerprint density at radius 3 is 2.48 bits per heavy atom. The highest BCUT2D eigenvalue weighted by molar-refractivity contribution is 5.73. The van der Waals surface area contributed by atoms with Crippen LogP contribution in [0.2, 0.25) is 0 Å².